The van der Waals surface area contributed by atoms with Gasteiger partial charge in [0.2, 0.25) is 5.78 Å². The lowest BCUT2D eigenvalue weighted by molar-refractivity contribution is -0.133. The monoisotopic (exact) mass is 263 g/mol. The number of carbonyl (C=O) groups is 2. The minimum atomic E-state index is -0.375. The van der Waals surface area contributed by atoms with Crippen molar-refractivity contribution in [2.45, 2.75) is 12.8 Å². The molecule has 1 aliphatic heterocycles. The SMILES string of the molecule is O=C1CCN(c2ccc3c(c2)Cc2ccccc2-3)C1=O. The number of amides is 1. The summed E-state index contributed by atoms with van der Waals surface area (Å²) in [6.45, 7) is 0.503. The molecule has 4 rings (SSSR count). The number of nitrogens with zero attached hydrogens (tertiary/aromatic N) is 1. The summed E-state index contributed by atoms with van der Waals surface area (Å²) in [5.74, 6) is -0.658. The Labute approximate surface area is 116 Å². The molecule has 1 saturated heterocycles. The quantitative estimate of drug-likeness (QED) is 0.633. The fraction of sp³-hybridized carbons (Fsp3) is 0.176. The summed E-state index contributed by atoms with van der Waals surface area (Å²) in [7, 11) is 0. The van der Waals surface area contributed by atoms with E-state index in [1.54, 1.807) is 4.90 Å². The fourth-order valence-corrected chi connectivity index (χ4v) is 3.12. The number of hydrogen-bond acceptors (Lipinski definition) is 2. The summed E-state index contributed by atoms with van der Waals surface area (Å²) in [6, 6.07) is 14.4. The van der Waals surface area contributed by atoms with E-state index in [0.717, 1.165) is 12.1 Å². The molecule has 0 aromatic heterocycles. The first-order valence-electron chi connectivity index (χ1n) is 6.80. The summed E-state index contributed by atoms with van der Waals surface area (Å²) in [4.78, 5) is 24.8. The van der Waals surface area contributed by atoms with E-state index in [0.29, 0.717) is 13.0 Å². The summed E-state index contributed by atoms with van der Waals surface area (Å²) in [5.41, 5.74) is 5.91. The lowest BCUT2D eigenvalue weighted by Crippen LogP contribution is -2.26. The Bertz CT molecular complexity index is 748. The van der Waals surface area contributed by atoms with E-state index < -0.39 is 0 Å². The van der Waals surface area contributed by atoms with E-state index in [2.05, 4.69) is 18.2 Å². The maximum Gasteiger partial charge on any atom is 0.294 e. The van der Waals surface area contributed by atoms with E-state index in [1.165, 1.54) is 22.3 Å². The van der Waals surface area contributed by atoms with Crippen molar-refractivity contribution in [3.05, 3.63) is 53.6 Å². The van der Waals surface area contributed by atoms with Crippen LogP contribution in [0.25, 0.3) is 11.1 Å². The molecule has 0 unspecified atom stereocenters. The third-order valence-electron chi connectivity index (χ3n) is 4.14. The predicted molar refractivity (Wildman–Crippen MR) is 76.7 cm³/mol. The molecule has 3 heteroatoms. The van der Waals surface area contributed by atoms with Crippen LogP contribution in [0.5, 0.6) is 0 Å². The molecule has 2 aromatic rings. The van der Waals surface area contributed by atoms with Crippen LogP contribution in [0.1, 0.15) is 17.5 Å². The molecule has 0 bridgehead atoms. The van der Waals surface area contributed by atoms with E-state index in [4.69, 9.17) is 0 Å². The van der Waals surface area contributed by atoms with Gasteiger partial charge in [0.1, 0.15) is 0 Å². The van der Waals surface area contributed by atoms with Crippen LogP contribution in [0.3, 0.4) is 0 Å². The van der Waals surface area contributed by atoms with E-state index >= 15 is 0 Å². The molecular formula is C17H13NO2. The molecule has 0 N–H and O–H groups in total. The predicted octanol–water partition coefficient (Wildman–Crippen LogP) is 2.56. The number of anilines is 1. The Hall–Kier alpha value is -2.42. The lowest BCUT2D eigenvalue weighted by Gasteiger charge is -2.15. The standard InChI is InChI=1S/C17H13NO2/c19-16-7-8-18(17(16)20)13-5-6-15-12(10-13)9-11-3-1-2-4-14(11)15/h1-6,10H,7-9H2. The molecule has 20 heavy (non-hydrogen) atoms. The summed E-state index contributed by atoms with van der Waals surface area (Å²) >= 11 is 0. The zero-order chi connectivity index (χ0) is 13.7. The van der Waals surface area contributed by atoms with Gasteiger partial charge in [0.25, 0.3) is 5.91 Å². The molecule has 0 saturated carbocycles. The van der Waals surface area contributed by atoms with E-state index in [1.807, 2.05) is 24.3 Å². The number of hydrogen-bond donors (Lipinski definition) is 0. The second-order valence-electron chi connectivity index (χ2n) is 5.31. The van der Waals surface area contributed by atoms with Crippen LogP contribution in [-0.4, -0.2) is 18.2 Å². The molecule has 0 atom stereocenters. The smallest absolute Gasteiger partial charge is 0.294 e. The molecule has 2 aliphatic rings. The normalized spacial score (nSPS) is 16.5. The summed E-state index contributed by atoms with van der Waals surface area (Å²) in [5, 5.41) is 0. The molecule has 1 aliphatic carbocycles. The van der Waals surface area contributed by atoms with Gasteiger partial charge in [0, 0.05) is 18.7 Å². The van der Waals surface area contributed by atoms with E-state index in [9.17, 15) is 9.59 Å². The highest BCUT2D eigenvalue weighted by Gasteiger charge is 2.31. The topological polar surface area (TPSA) is 37.4 Å². The second-order valence-corrected chi connectivity index (χ2v) is 5.31. The first kappa shape index (κ1) is 11.4. The first-order chi connectivity index (χ1) is 9.74. The van der Waals surface area contributed by atoms with Crippen LogP contribution in [0, 0.1) is 0 Å². The molecule has 1 fully saturated rings. The minimum Gasteiger partial charge on any atom is -0.305 e. The Morgan fingerprint density at radius 3 is 2.50 bits per heavy atom. The van der Waals surface area contributed by atoms with Gasteiger partial charge in [-0.2, -0.15) is 0 Å². The highest BCUT2D eigenvalue weighted by molar-refractivity contribution is 6.43. The number of carbonyl (C=O) groups excluding carboxylic acids is 2. The Kier molecular flexibility index (Phi) is 2.30. The van der Waals surface area contributed by atoms with Gasteiger partial charge in [0.05, 0.1) is 0 Å². The molecule has 1 heterocycles. The van der Waals surface area contributed by atoms with Crippen molar-refractivity contribution in [2.75, 3.05) is 11.4 Å². The Morgan fingerprint density at radius 2 is 1.70 bits per heavy atom. The fourth-order valence-electron chi connectivity index (χ4n) is 3.12. The molecule has 0 spiro atoms. The molecule has 98 valence electrons. The number of ketones is 1. The number of benzene rings is 2. The summed E-state index contributed by atoms with van der Waals surface area (Å²) in [6.07, 6.45) is 1.23. The number of Topliss-reactive ketones (excluding diaryl/α,β-unsaturated/α-hetero) is 1. The lowest BCUT2D eigenvalue weighted by atomic mass is 10.1. The molecule has 2 aromatic carbocycles. The number of fused-ring (bicyclic) bond motifs is 3. The third-order valence-corrected chi connectivity index (χ3v) is 4.14. The maximum absolute atomic E-state index is 11.8. The molecule has 1 amide bonds. The zero-order valence-electron chi connectivity index (χ0n) is 10.9. The van der Waals surface area contributed by atoms with Crippen LogP contribution >= 0.6 is 0 Å². The van der Waals surface area contributed by atoms with Crippen molar-refractivity contribution >= 4 is 17.4 Å². The highest BCUT2D eigenvalue weighted by Crippen LogP contribution is 2.38. The van der Waals surface area contributed by atoms with Crippen LogP contribution in [0.4, 0.5) is 5.69 Å². The third kappa shape index (κ3) is 1.53. The Morgan fingerprint density at radius 1 is 0.900 bits per heavy atom. The minimum absolute atomic E-state index is 0.284. The van der Waals surface area contributed by atoms with Crippen molar-refractivity contribution in [3.8, 4) is 11.1 Å². The van der Waals surface area contributed by atoms with E-state index in [-0.39, 0.29) is 11.7 Å². The zero-order valence-corrected chi connectivity index (χ0v) is 10.9. The maximum atomic E-state index is 11.8. The molecule has 0 radical (unpaired) electrons. The van der Waals surface area contributed by atoms with Crippen molar-refractivity contribution in [1.82, 2.24) is 0 Å². The van der Waals surface area contributed by atoms with Crippen LogP contribution < -0.4 is 4.90 Å². The van der Waals surface area contributed by atoms with Gasteiger partial charge in [-0.25, -0.2) is 0 Å². The molecule has 3 nitrogen and oxygen atoms in total. The van der Waals surface area contributed by atoms with Gasteiger partial charge < -0.3 is 4.90 Å². The van der Waals surface area contributed by atoms with Gasteiger partial charge in [-0.05, 0) is 40.8 Å². The van der Waals surface area contributed by atoms with Crippen molar-refractivity contribution in [1.29, 1.82) is 0 Å². The number of rotatable bonds is 1. The van der Waals surface area contributed by atoms with Gasteiger partial charge in [0.15, 0.2) is 0 Å². The van der Waals surface area contributed by atoms with Gasteiger partial charge >= 0.3 is 0 Å². The van der Waals surface area contributed by atoms with Crippen molar-refractivity contribution in [3.63, 3.8) is 0 Å². The second kappa shape index (κ2) is 4.04. The van der Waals surface area contributed by atoms with Crippen molar-refractivity contribution in [2.24, 2.45) is 0 Å². The van der Waals surface area contributed by atoms with Crippen LogP contribution in [0.15, 0.2) is 42.5 Å². The largest absolute Gasteiger partial charge is 0.305 e. The van der Waals surface area contributed by atoms with Gasteiger partial charge in [-0.15, -0.1) is 0 Å². The van der Waals surface area contributed by atoms with Crippen LogP contribution in [0.2, 0.25) is 0 Å². The van der Waals surface area contributed by atoms with Gasteiger partial charge in [-0.3, -0.25) is 9.59 Å². The first-order valence-corrected chi connectivity index (χ1v) is 6.80. The molecular weight excluding hydrogens is 250 g/mol. The summed E-state index contributed by atoms with van der Waals surface area (Å²) < 4.78 is 0. The van der Waals surface area contributed by atoms with Gasteiger partial charge in [-0.1, -0.05) is 30.3 Å². The van der Waals surface area contributed by atoms with Crippen LogP contribution in [-0.2, 0) is 16.0 Å². The Balaban J connectivity index is 1.76. The van der Waals surface area contributed by atoms with Crippen molar-refractivity contribution < 1.29 is 9.59 Å². The highest BCUT2D eigenvalue weighted by atomic mass is 16.2. The average Bonchev–Trinajstić information content (AvgIpc) is 2.99. The average molecular weight is 263 g/mol.